The van der Waals surface area contributed by atoms with E-state index in [1.807, 2.05) is 30.7 Å². The van der Waals surface area contributed by atoms with Crippen LogP contribution in [0.25, 0.3) is 16.8 Å². The van der Waals surface area contributed by atoms with E-state index in [9.17, 15) is 5.11 Å². The van der Waals surface area contributed by atoms with Crippen LogP contribution in [0.15, 0.2) is 55.2 Å². The molecule has 196 valence electrons. The Labute approximate surface area is 220 Å². The second-order valence-corrected chi connectivity index (χ2v) is 10.7. The summed E-state index contributed by atoms with van der Waals surface area (Å²) in [4.78, 5) is 18.6. The van der Waals surface area contributed by atoms with Crippen molar-refractivity contribution in [3.05, 3.63) is 60.8 Å². The van der Waals surface area contributed by atoms with E-state index in [0.29, 0.717) is 30.5 Å². The van der Waals surface area contributed by atoms with Crippen LogP contribution in [0.5, 0.6) is 11.6 Å². The van der Waals surface area contributed by atoms with E-state index in [0.717, 1.165) is 60.8 Å². The summed E-state index contributed by atoms with van der Waals surface area (Å²) in [7, 11) is 1.64. The lowest BCUT2D eigenvalue weighted by atomic mass is 9.83. The van der Waals surface area contributed by atoms with Crippen LogP contribution < -0.4 is 14.4 Å². The molecule has 0 aromatic carbocycles. The predicted molar refractivity (Wildman–Crippen MR) is 141 cm³/mol. The predicted octanol–water partition coefficient (Wildman–Crippen LogP) is 2.81. The second kappa shape index (κ2) is 9.52. The summed E-state index contributed by atoms with van der Waals surface area (Å²) in [6.07, 6.45) is 9.91. The van der Waals surface area contributed by atoms with E-state index in [-0.39, 0.29) is 6.10 Å². The molecule has 3 aliphatic heterocycles. The van der Waals surface area contributed by atoms with Crippen LogP contribution in [-0.2, 0) is 6.54 Å². The number of fused-ring (bicyclic) bond motifs is 3. The van der Waals surface area contributed by atoms with Gasteiger partial charge in [0.2, 0.25) is 5.88 Å². The van der Waals surface area contributed by atoms with Crippen molar-refractivity contribution in [1.29, 1.82) is 0 Å². The van der Waals surface area contributed by atoms with Crippen molar-refractivity contribution >= 4 is 11.5 Å². The molecule has 2 atom stereocenters. The number of anilines is 1. The molecule has 2 unspecified atom stereocenters. The van der Waals surface area contributed by atoms with E-state index in [4.69, 9.17) is 14.5 Å². The highest BCUT2D eigenvalue weighted by atomic mass is 16.5. The molecule has 8 rings (SSSR count). The molecular weight excluding hydrogens is 482 g/mol. The molecule has 4 aromatic rings. The third-order valence-electron chi connectivity index (χ3n) is 8.15. The number of piperazine rings is 1. The van der Waals surface area contributed by atoms with Crippen LogP contribution in [0, 0.1) is 5.92 Å². The average molecular weight is 514 g/mol. The first-order valence-electron chi connectivity index (χ1n) is 13.2. The largest absolute Gasteiger partial charge is 0.492 e. The molecule has 10 heteroatoms. The Morgan fingerprint density at radius 3 is 2.58 bits per heavy atom. The maximum absolute atomic E-state index is 9.55. The monoisotopic (exact) mass is 513 g/mol. The number of pyridine rings is 3. The standard InChI is InChI=1S/C28H31N7O3/c1-37-27-5-2-18(10-30-27)12-34-21-8-22(34)14-33(13-21)26-4-3-20(11-29-26)25-9-24(15-35-28(25)31-17-32-35)38-16-19-6-23(36)7-19/h2-5,9-11,15,17,19,21-23,36H,6-8,12-14,16H2,1H3. The number of piperidine rings is 1. The summed E-state index contributed by atoms with van der Waals surface area (Å²) in [5, 5.41) is 13.9. The molecule has 10 nitrogen and oxygen atoms in total. The van der Waals surface area contributed by atoms with Gasteiger partial charge in [-0.1, -0.05) is 6.07 Å². The molecule has 1 N–H and O–H groups in total. The molecule has 38 heavy (non-hydrogen) atoms. The number of methoxy groups -OCH3 is 1. The van der Waals surface area contributed by atoms with Crippen molar-refractivity contribution in [3.63, 3.8) is 0 Å². The Morgan fingerprint density at radius 1 is 1.00 bits per heavy atom. The fourth-order valence-corrected chi connectivity index (χ4v) is 5.94. The number of hydrogen-bond acceptors (Lipinski definition) is 9. The van der Waals surface area contributed by atoms with Gasteiger partial charge >= 0.3 is 0 Å². The Kier molecular flexibility index (Phi) is 5.85. The highest BCUT2D eigenvalue weighted by Crippen LogP contribution is 2.36. The van der Waals surface area contributed by atoms with Crippen molar-refractivity contribution in [3.8, 4) is 22.8 Å². The highest BCUT2D eigenvalue weighted by molar-refractivity contribution is 5.78. The van der Waals surface area contributed by atoms with Gasteiger partial charge in [0.1, 0.15) is 17.9 Å². The van der Waals surface area contributed by atoms with Gasteiger partial charge in [0.15, 0.2) is 5.65 Å². The average Bonchev–Trinajstić information content (AvgIpc) is 3.42. The molecule has 1 saturated carbocycles. The van der Waals surface area contributed by atoms with E-state index in [1.54, 1.807) is 18.0 Å². The Balaban J connectivity index is 1.03. The number of aromatic nitrogens is 5. The molecule has 4 fully saturated rings. The lowest BCUT2D eigenvalue weighted by molar-refractivity contribution is -0.00876. The SMILES string of the molecule is COc1ccc(CN2C3CC2CN(c2ccc(-c4cc(OCC5CC(O)C5)cn5ncnc45)cn2)C3)cn1. The minimum atomic E-state index is -0.179. The molecule has 0 spiro atoms. The summed E-state index contributed by atoms with van der Waals surface area (Å²) in [6.45, 7) is 3.46. The molecule has 4 aliphatic rings. The molecule has 0 amide bonds. The topological polar surface area (TPSA) is 101 Å². The number of rotatable bonds is 8. The zero-order valence-corrected chi connectivity index (χ0v) is 21.3. The van der Waals surface area contributed by atoms with Crippen LogP contribution in [0.2, 0.25) is 0 Å². The molecule has 0 radical (unpaired) electrons. The molecule has 4 aromatic heterocycles. The van der Waals surface area contributed by atoms with Crippen molar-refractivity contribution in [2.24, 2.45) is 5.92 Å². The van der Waals surface area contributed by atoms with Crippen LogP contribution in [-0.4, -0.2) is 79.6 Å². The second-order valence-electron chi connectivity index (χ2n) is 10.7. The fourth-order valence-electron chi connectivity index (χ4n) is 5.94. The molecular formula is C28H31N7O3. The molecule has 1 aliphatic carbocycles. The maximum atomic E-state index is 9.55. The van der Waals surface area contributed by atoms with Gasteiger partial charge < -0.3 is 19.5 Å². The summed E-state index contributed by atoms with van der Waals surface area (Å²) >= 11 is 0. The van der Waals surface area contributed by atoms with Crippen molar-refractivity contribution in [1.82, 2.24) is 29.5 Å². The quantitative estimate of drug-likeness (QED) is 0.381. The van der Waals surface area contributed by atoms with Gasteiger partial charge in [-0.25, -0.2) is 19.5 Å². The van der Waals surface area contributed by atoms with Crippen LogP contribution >= 0.6 is 0 Å². The fraction of sp³-hybridized carbons (Fsp3) is 0.429. The zero-order valence-electron chi connectivity index (χ0n) is 21.3. The first-order valence-corrected chi connectivity index (χ1v) is 13.2. The van der Waals surface area contributed by atoms with Gasteiger partial charge in [-0.15, -0.1) is 0 Å². The third-order valence-corrected chi connectivity index (χ3v) is 8.15. The third kappa shape index (κ3) is 4.33. The summed E-state index contributed by atoms with van der Waals surface area (Å²) in [5.41, 5.74) is 3.90. The van der Waals surface area contributed by atoms with Crippen LogP contribution in [0.4, 0.5) is 5.82 Å². The van der Waals surface area contributed by atoms with E-state index < -0.39 is 0 Å². The van der Waals surface area contributed by atoms with Gasteiger partial charge in [-0.2, -0.15) is 5.10 Å². The minimum absolute atomic E-state index is 0.179. The van der Waals surface area contributed by atoms with Crippen molar-refractivity contribution in [2.45, 2.75) is 44.0 Å². The van der Waals surface area contributed by atoms with Gasteiger partial charge in [0.05, 0.1) is 26.0 Å². The number of hydrogen-bond donors (Lipinski definition) is 1. The van der Waals surface area contributed by atoms with Crippen LogP contribution in [0.1, 0.15) is 24.8 Å². The molecule has 2 bridgehead atoms. The van der Waals surface area contributed by atoms with E-state index in [1.165, 1.54) is 12.0 Å². The number of ether oxygens (including phenoxy) is 2. The van der Waals surface area contributed by atoms with Crippen LogP contribution in [0.3, 0.4) is 0 Å². The first kappa shape index (κ1) is 23.4. The Morgan fingerprint density at radius 2 is 1.87 bits per heavy atom. The molecule has 7 heterocycles. The Hall–Kier alpha value is -3.76. The number of aliphatic hydroxyl groups is 1. The summed E-state index contributed by atoms with van der Waals surface area (Å²) in [5.74, 6) is 2.80. The first-order chi connectivity index (χ1) is 18.6. The Bertz CT molecular complexity index is 1410. The smallest absolute Gasteiger partial charge is 0.212 e. The normalized spacial score (nSPS) is 24.6. The molecule has 3 saturated heterocycles. The van der Waals surface area contributed by atoms with Crippen molar-refractivity contribution < 1.29 is 14.6 Å². The highest BCUT2D eigenvalue weighted by Gasteiger charge is 2.44. The summed E-state index contributed by atoms with van der Waals surface area (Å²) < 4.78 is 13.0. The summed E-state index contributed by atoms with van der Waals surface area (Å²) in [6, 6.07) is 11.3. The van der Waals surface area contributed by atoms with E-state index in [2.05, 4.69) is 43.1 Å². The van der Waals surface area contributed by atoms with Gasteiger partial charge in [0.25, 0.3) is 0 Å². The van der Waals surface area contributed by atoms with Gasteiger partial charge in [-0.3, -0.25) is 4.90 Å². The zero-order chi connectivity index (χ0) is 25.6. The maximum Gasteiger partial charge on any atom is 0.212 e. The van der Waals surface area contributed by atoms with Gasteiger partial charge in [0, 0.05) is 61.3 Å². The number of aliphatic hydroxyl groups excluding tert-OH is 1. The lowest BCUT2D eigenvalue weighted by Crippen LogP contribution is -2.68. The minimum Gasteiger partial charge on any atom is -0.492 e. The van der Waals surface area contributed by atoms with Crippen molar-refractivity contribution in [2.75, 3.05) is 31.7 Å². The lowest BCUT2D eigenvalue weighted by Gasteiger charge is -2.56. The van der Waals surface area contributed by atoms with E-state index >= 15 is 0 Å². The van der Waals surface area contributed by atoms with Gasteiger partial charge in [-0.05, 0) is 48.9 Å². The number of nitrogens with zero attached hydrogens (tertiary/aromatic N) is 7.